The summed E-state index contributed by atoms with van der Waals surface area (Å²) in [5, 5.41) is 29.2. The number of hydrogen-bond acceptors (Lipinski definition) is 6. The first-order chi connectivity index (χ1) is 8.47. The predicted octanol–water partition coefficient (Wildman–Crippen LogP) is 1.01. The van der Waals surface area contributed by atoms with Crippen LogP contribution in [0, 0.1) is 15.5 Å². The Hall–Kier alpha value is -2.09. The highest BCUT2D eigenvalue weighted by Gasteiger charge is 2.29. The average molecular weight is 267 g/mol. The fourth-order valence-corrected chi connectivity index (χ4v) is 2.49. The first-order valence-electron chi connectivity index (χ1n) is 4.99. The minimum Gasteiger partial charge on any atom is -0.502 e. The monoisotopic (exact) mass is 267 g/mol. The molecule has 1 aromatic carbocycles. The number of nitro benzene ring substituents is 1. The largest absolute Gasteiger partial charge is 0.502 e. The maximum absolute atomic E-state index is 11.4. The van der Waals surface area contributed by atoms with Crippen molar-refractivity contribution in [3.8, 4) is 5.75 Å². The van der Waals surface area contributed by atoms with Gasteiger partial charge in [-0.1, -0.05) is 17.8 Å². The van der Waals surface area contributed by atoms with Crippen molar-refractivity contribution in [1.82, 2.24) is 5.32 Å². The molecule has 0 saturated carbocycles. The van der Waals surface area contributed by atoms with Crippen LogP contribution in [-0.4, -0.2) is 26.4 Å². The second kappa shape index (κ2) is 4.65. The second-order valence-corrected chi connectivity index (χ2v) is 4.92. The third kappa shape index (κ3) is 2.43. The Morgan fingerprint density at radius 3 is 2.83 bits per heavy atom. The number of nitrogens with one attached hydrogen (secondary N) is 2. The van der Waals surface area contributed by atoms with Gasteiger partial charge in [-0.05, 0) is 18.1 Å². The molecule has 0 spiro atoms. The highest BCUT2D eigenvalue weighted by Crippen LogP contribution is 2.29. The minimum atomic E-state index is -0.678. The zero-order chi connectivity index (χ0) is 13.3. The van der Waals surface area contributed by atoms with E-state index >= 15 is 0 Å². The maximum atomic E-state index is 11.4. The summed E-state index contributed by atoms with van der Waals surface area (Å²) < 4.78 is 0. The molecule has 2 rings (SSSR count). The lowest BCUT2D eigenvalue weighted by Crippen LogP contribution is -2.25. The summed E-state index contributed by atoms with van der Waals surface area (Å²) in [7, 11) is 0. The maximum Gasteiger partial charge on any atom is 0.310 e. The number of aromatic hydroxyl groups is 1. The molecule has 8 heteroatoms. The van der Waals surface area contributed by atoms with Gasteiger partial charge < -0.3 is 10.4 Å². The highest BCUT2D eigenvalue weighted by molar-refractivity contribution is 8.15. The molecule has 94 valence electrons. The standard InChI is InChI=1S/C10H9N3O4S/c11-10-12-9(15)8(18-10)4-5-1-2-7(14)6(3-5)13(16)17/h1-3,8,14H,4H2,(H2,11,12,15). The van der Waals surface area contributed by atoms with Crippen molar-refractivity contribution < 1.29 is 14.8 Å². The molecule has 1 saturated heterocycles. The Balaban J connectivity index is 2.20. The van der Waals surface area contributed by atoms with Crippen LogP contribution in [-0.2, 0) is 11.2 Å². The van der Waals surface area contributed by atoms with Crippen molar-refractivity contribution in [2.75, 3.05) is 0 Å². The van der Waals surface area contributed by atoms with Crippen molar-refractivity contribution >= 4 is 28.5 Å². The fourth-order valence-electron chi connectivity index (χ4n) is 1.61. The number of benzene rings is 1. The van der Waals surface area contributed by atoms with Gasteiger partial charge in [0.25, 0.3) is 0 Å². The number of rotatable bonds is 3. The van der Waals surface area contributed by atoms with Crippen LogP contribution in [0.5, 0.6) is 5.75 Å². The van der Waals surface area contributed by atoms with E-state index in [1.54, 1.807) is 0 Å². The molecule has 1 aliphatic heterocycles. The first-order valence-corrected chi connectivity index (χ1v) is 5.87. The molecule has 3 N–H and O–H groups in total. The van der Waals surface area contributed by atoms with Gasteiger partial charge in [-0.2, -0.15) is 0 Å². The van der Waals surface area contributed by atoms with Crippen molar-refractivity contribution in [1.29, 1.82) is 5.41 Å². The topological polar surface area (TPSA) is 116 Å². The Morgan fingerprint density at radius 1 is 1.56 bits per heavy atom. The molecular formula is C10H9N3O4S. The van der Waals surface area contributed by atoms with E-state index in [0.717, 1.165) is 11.8 Å². The van der Waals surface area contributed by atoms with Crippen LogP contribution in [0.2, 0.25) is 0 Å². The van der Waals surface area contributed by atoms with Gasteiger partial charge in [0.1, 0.15) is 0 Å². The van der Waals surface area contributed by atoms with Crippen LogP contribution < -0.4 is 5.32 Å². The lowest BCUT2D eigenvalue weighted by atomic mass is 10.1. The Labute approximate surface area is 106 Å². The molecule has 18 heavy (non-hydrogen) atoms. The number of carbonyl (C=O) groups is 1. The normalized spacial score (nSPS) is 18.8. The highest BCUT2D eigenvalue weighted by atomic mass is 32.2. The molecule has 0 aliphatic carbocycles. The number of amides is 1. The SMILES string of the molecule is N=C1NC(=O)C(Cc2ccc(O)c([N+](=O)[O-])c2)S1. The zero-order valence-corrected chi connectivity index (χ0v) is 9.86. The minimum absolute atomic E-state index is 0.0817. The number of hydrogen-bond donors (Lipinski definition) is 3. The first kappa shape index (κ1) is 12.4. The number of phenolic OH excluding ortho intramolecular Hbond substituents is 1. The Morgan fingerprint density at radius 2 is 2.28 bits per heavy atom. The molecule has 1 atom stereocenters. The predicted molar refractivity (Wildman–Crippen MR) is 65.7 cm³/mol. The van der Waals surface area contributed by atoms with Crippen molar-refractivity contribution in [3.63, 3.8) is 0 Å². The van der Waals surface area contributed by atoms with E-state index < -0.39 is 15.9 Å². The molecular weight excluding hydrogens is 258 g/mol. The van der Waals surface area contributed by atoms with Crippen LogP contribution >= 0.6 is 11.8 Å². The fraction of sp³-hybridized carbons (Fsp3) is 0.200. The molecule has 7 nitrogen and oxygen atoms in total. The molecule has 0 aromatic heterocycles. The van der Waals surface area contributed by atoms with E-state index in [-0.39, 0.29) is 23.2 Å². The van der Waals surface area contributed by atoms with Gasteiger partial charge in [-0.25, -0.2) is 0 Å². The van der Waals surface area contributed by atoms with Crippen LogP contribution in [0.25, 0.3) is 0 Å². The number of thioether (sulfide) groups is 1. The summed E-state index contributed by atoms with van der Waals surface area (Å²) >= 11 is 1.08. The smallest absolute Gasteiger partial charge is 0.310 e. The molecule has 1 fully saturated rings. The zero-order valence-electron chi connectivity index (χ0n) is 9.04. The van der Waals surface area contributed by atoms with Gasteiger partial charge in [0, 0.05) is 6.07 Å². The summed E-state index contributed by atoms with van der Waals surface area (Å²) in [6.45, 7) is 0. The van der Waals surface area contributed by atoms with Crippen LogP contribution in [0.4, 0.5) is 5.69 Å². The van der Waals surface area contributed by atoms with Gasteiger partial charge in [0.05, 0.1) is 10.2 Å². The molecule has 0 bridgehead atoms. The Kier molecular flexibility index (Phi) is 3.19. The van der Waals surface area contributed by atoms with Crippen LogP contribution in [0.1, 0.15) is 5.56 Å². The van der Waals surface area contributed by atoms with E-state index in [9.17, 15) is 20.0 Å². The number of nitro groups is 1. The van der Waals surface area contributed by atoms with Crippen molar-refractivity contribution in [2.45, 2.75) is 11.7 Å². The summed E-state index contributed by atoms with van der Waals surface area (Å²) in [5.41, 5.74) is 0.188. The van der Waals surface area contributed by atoms with E-state index in [1.165, 1.54) is 18.2 Å². The molecule has 0 radical (unpaired) electrons. The van der Waals surface area contributed by atoms with Gasteiger partial charge in [-0.3, -0.25) is 20.3 Å². The summed E-state index contributed by atoms with van der Waals surface area (Å²) in [6, 6.07) is 4.00. The number of amidine groups is 1. The second-order valence-electron chi connectivity index (χ2n) is 3.71. The average Bonchev–Trinajstić information content (AvgIpc) is 2.60. The third-order valence-corrected chi connectivity index (χ3v) is 3.45. The molecule has 1 aliphatic rings. The quantitative estimate of drug-likeness (QED) is 0.558. The van der Waals surface area contributed by atoms with E-state index in [4.69, 9.17) is 5.41 Å². The van der Waals surface area contributed by atoms with Crippen molar-refractivity contribution in [2.24, 2.45) is 0 Å². The molecule has 1 aromatic rings. The van der Waals surface area contributed by atoms with Gasteiger partial charge in [0.15, 0.2) is 10.9 Å². The molecule has 1 unspecified atom stereocenters. The number of carbonyl (C=O) groups excluding carboxylic acids is 1. The van der Waals surface area contributed by atoms with E-state index in [0.29, 0.717) is 5.56 Å². The number of phenols is 1. The van der Waals surface area contributed by atoms with Crippen LogP contribution in [0.3, 0.4) is 0 Å². The summed E-state index contributed by atoms with van der Waals surface area (Å²) in [4.78, 5) is 21.4. The number of nitrogens with zero attached hydrogens (tertiary/aromatic N) is 1. The van der Waals surface area contributed by atoms with E-state index in [1.807, 2.05) is 0 Å². The Bertz CT molecular complexity index is 546. The van der Waals surface area contributed by atoms with Gasteiger partial charge in [-0.15, -0.1) is 0 Å². The third-order valence-electron chi connectivity index (χ3n) is 2.45. The van der Waals surface area contributed by atoms with Gasteiger partial charge >= 0.3 is 5.69 Å². The van der Waals surface area contributed by atoms with Crippen LogP contribution in [0.15, 0.2) is 18.2 Å². The lowest BCUT2D eigenvalue weighted by Gasteiger charge is -2.05. The van der Waals surface area contributed by atoms with E-state index in [2.05, 4.69) is 5.32 Å². The molecule has 1 amide bonds. The molecule has 1 heterocycles. The van der Waals surface area contributed by atoms with Gasteiger partial charge in [0.2, 0.25) is 5.91 Å². The summed E-state index contributed by atoms with van der Waals surface area (Å²) in [6.07, 6.45) is 0.278. The lowest BCUT2D eigenvalue weighted by molar-refractivity contribution is -0.385. The summed E-state index contributed by atoms with van der Waals surface area (Å²) in [5.74, 6) is -0.680. The van der Waals surface area contributed by atoms with Crippen molar-refractivity contribution in [3.05, 3.63) is 33.9 Å².